The molecule has 14 heavy (non-hydrogen) atoms. The zero-order chi connectivity index (χ0) is 10.3. The highest BCUT2D eigenvalue weighted by atomic mass is 15.1. The van der Waals surface area contributed by atoms with Gasteiger partial charge in [-0.3, -0.25) is 0 Å². The third-order valence-electron chi connectivity index (χ3n) is 3.09. The van der Waals surface area contributed by atoms with Crippen LogP contribution in [0.15, 0.2) is 36.5 Å². The van der Waals surface area contributed by atoms with Gasteiger partial charge in [0.1, 0.15) is 0 Å². The smallest absolute Gasteiger partial charge is 0.0412 e. The van der Waals surface area contributed by atoms with Crippen molar-refractivity contribution in [2.24, 2.45) is 0 Å². The average Bonchev–Trinajstić information content (AvgIpc) is 2.23. The molecule has 0 N–H and O–H groups in total. The number of hydrogen-bond acceptors (Lipinski definition) is 1. The van der Waals surface area contributed by atoms with Gasteiger partial charge < -0.3 is 4.90 Å². The molecule has 1 aliphatic rings. The second kappa shape index (κ2) is 3.02. The van der Waals surface area contributed by atoms with Crippen molar-refractivity contribution in [1.29, 1.82) is 0 Å². The van der Waals surface area contributed by atoms with Crippen LogP contribution in [0.25, 0.3) is 11.3 Å². The van der Waals surface area contributed by atoms with E-state index in [2.05, 4.69) is 56.6 Å². The van der Waals surface area contributed by atoms with E-state index in [0.29, 0.717) is 0 Å². The number of benzene rings is 1. The van der Waals surface area contributed by atoms with Crippen molar-refractivity contribution in [1.82, 2.24) is 4.90 Å². The lowest BCUT2D eigenvalue weighted by atomic mass is 9.93. The lowest BCUT2D eigenvalue weighted by molar-refractivity contribution is 0.595. The standard InChI is InChI=1S/C13H15N/c1-9-10(2)14(4)11(3)13-8-6-5-7-12(9)13/h5-8H,3H2,1-2,4H3. The van der Waals surface area contributed by atoms with Gasteiger partial charge >= 0.3 is 0 Å². The Labute approximate surface area is 85.4 Å². The first-order valence-electron chi connectivity index (χ1n) is 4.83. The molecule has 1 heterocycles. The van der Waals surface area contributed by atoms with Gasteiger partial charge in [-0.05, 0) is 25.0 Å². The minimum Gasteiger partial charge on any atom is -0.348 e. The summed E-state index contributed by atoms with van der Waals surface area (Å²) in [5.41, 5.74) is 6.28. The largest absolute Gasteiger partial charge is 0.348 e. The van der Waals surface area contributed by atoms with Crippen LogP contribution in [0.2, 0.25) is 0 Å². The fraction of sp³-hybridized carbons (Fsp3) is 0.231. The summed E-state index contributed by atoms with van der Waals surface area (Å²) >= 11 is 0. The van der Waals surface area contributed by atoms with Crippen LogP contribution in [-0.2, 0) is 0 Å². The van der Waals surface area contributed by atoms with E-state index < -0.39 is 0 Å². The third kappa shape index (κ3) is 1.09. The van der Waals surface area contributed by atoms with E-state index in [0.717, 1.165) is 5.70 Å². The molecule has 1 heteroatoms. The van der Waals surface area contributed by atoms with Gasteiger partial charge in [0.25, 0.3) is 0 Å². The van der Waals surface area contributed by atoms with E-state index in [1.54, 1.807) is 0 Å². The van der Waals surface area contributed by atoms with Gasteiger partial charge in [-0.2, -0.15) is 0 Å². The second-order valence-corrected chi connectivity index (χ2v) is 3.76. The first-order valence-corrected chi connectivity index (χ1v) is 4.83. The lowest BCUT2D eigenvalue weighted by Crippen LogP contribution is -2.19. The van der Waals surface area contributed by atoms with Gasteiger partial charge in [0, 0.05) is 24.0 Å². The summed E-state index contributed by atoms with van der Waals surface area (Å²) in [5.74, 6) is 0. The molecule has 1 nitrogen and oxygen atoms in total. The maximum Gasteiger partial charge on any atom is 0.0412 e. The van der Waals surface area contributed by atoms with Crippen LogP contribution in [0, 0.1) is 0 Å². The number of nitrogens with zero attached hydrogens (tertiary/aromatic N) is 1. The van der Waals surface area contributed by atoms with Crippen LogP contribution in [0.4, 0.5) is 0 Å². The van der Waals surface area contributed by atoms with Gasteiger partial charge in [0.15, 0.2) is 0 Å². The zero-order valence-electron chi connectivity index (χ0n) is 8.96. The Bertz CT molecular complexity index is 427. The number of rotatable bonds is 0. The molecular weight excluding hydrogens is 170 g/mol. The summed E-state index contributed by atoms with van der Waals surface area (Å²) in [6.45, 7) is 8.41. The van der Waals surface area contributed by atoms with Crippen LogP contribution >= 0.6 is 0 Å². The molecule has 1 aromatic carbocycles. The molecule has 0 radical (unpaired) electrons. The van der Waals surface area contributed by atoms with E-state index in [4.69, 9.17) is 0 Å². The lowest BCUT2D eigenvalue weighted by Gasteiger charge is -2.31. The van der Waals surface area contributed by atoms with Crippen LogP contribution in [0.1, 0.15) is 25.0 Å². The number of allylic oxidation sites excluding steroid dienone is 2. The predicted molar refractivity (Wildman–Crippen MR) is 61.5 cm³/mol. The summed E-state index contributed by atoms with van der Waals surface area (Å²) < 4.78 is 0. The molecule has 0 unspecified atom stereocenters. The summed E-state index contributed by atoms with van der Waals surface area (Å²) in [5, 5.41) is 0. The molecule has 0 amide bonds. The maximum absolute atomic E-state index is 4.11. The highest BCUT2D eigenvalue weighted by Crippen LogP contribution is 2.35. The summed E-state index contributed by atoms with van der Waals surface area (Å²) in [6.07, 6.45) is 0. The molecule has 0 atom stereocenters. The van der Waals surface area contributed by atoms with Gasteiger partial charge in [0.05, 0.1) is 0 Å². The van der Waals surface area contributed by atoms with Crippen molar-refractivity contribution in [3.63, 3.8) is 0 Å². The first kappa shape index (κ1) is 9.07. The Morgan fingerprint density at radius 3 is 2.29 bits per heavy atom. The molecule has 0 bridgehead atoms. The van der Waals surface area contributed by atoms with Crippen molar-refractivity contribution in [3.05, 3.63) is 47.7 Å². The SMILES string of the molecule is C=C1c2ccccc2C(C)=C(C)N1C. The van der Waals surface area contributed by atoms with E-state index in [1.807, 2.05) is 0 Å². The quantitative estimate of drug-likeness (QED) is 0.599. The van der Waals surface area contributed by atoms with Crippen LogP contribution in [-0.4, -0.2) is 11.9 Å². The van der Waals surface area contributed by atoms with E-state index >= 15 is 0 Å². The molecule has 72 valence electrons. The maximum atomic E-state index is 4.11. The highest BCUT2D eigenvalue weighted by molar-refractivity contribution is 5.83. The highest BCUT2D eigenvalue weighted by Gasteiger charge is 2.19. The fourth-order valence-electron chi connectivity index (χ4n) is 1.89. The van der Waals surface area contributed by atoms with Crippen LogP contribution in [0.5, 0.6) is 0 Å². The predicted octanol–water partition coefficient (Wildman–Crippen LogP) is 3.35. The molecule has 0 saturated heterocycles. The molecule has 1 aliphatic heterocycles. The Morgan fingerprint density at radius 1 is 1.07 bits per heavy atom. The van der Waals surface area contributed by atoms with E-state index in [9.17, 15) is 0 Å². The third-order valence-corrected chi connectivity index (χ3v) is 3.09. The Balaban J connectivity index is 2.71. The monoisotopic (exact) mass is 185 g/mol. The second-order valence-electron chi connectivity index (χ2n) is 3.76. The molecule has 0 aromatic heterocycles. The first-order chi connectivity index (χ1) is 6.63. The Hall–Kier alpha value is -1.50. The van der Waals surface area contributed by atoms with Gasteiger partial charge in [-0.1, -0.05) is 30.8 Å². The molecule has 0 fully saturated rings. The summed E-state index contributed by atoms with van der Waals surface area (Å²) in [6, 6.07) is 8.43. The van der Waals surface area contributed by atoms with E-state index in [-0.39, 0.29) is 0 Å². The minimum absolute atomic E-state index is 1.09. The molecule has 0 spiro atoms. The molecule has 1 aromatic rings. The van der Waals surface area contributed by atoms with E-state index in [1.165, 1.54) is 22.4 Å². The van der Waals surface area contributed by atoms with Gasteiger partial charge in [-0.15, -0.1) is 0 Å². The molecule has 0 saturated carbocycles. The minimum atomic E-state index is 1.09. The van der Waals surface area contributed by atoms with Crippen molar-refractivity contribution < 1.29 is 0 Å². The summed E-state index contributed by atoms with van der Waals surface area (Å²) in [4.78, 5) is 2.15. The van der Waals surface area contributed by atoms with Crippen LogP contribution < -0.4 is 0 Å². The van der Waals surface area contributed by atoms with Crippen molar-refractivity contribution >= 4 is 11.3 Å². The normalized spacial score (nSPS) is 15.9. The Morgan fingerprint density at radius 2 is 1.64 bits per heavy atom. The average molecular weight is 185 g/mol. The number of fused-ring (bicyclic) bond motifs is 1. The molecular formula is C13H15N. The van der Waals surface area contributed by atoms with Crippen LogP contribution in [0.3, 0.4) is 0 Å². The Kier molecular flexibility index (Phi) is 1.95. The zero-order valence-corrected chi connectivity index (χ0v) is 8.96. The molecule has 2 rings (SSSR count). The topological polar surface area (TPSA) is 3.24 Å². The fourth-order valence-corrected chi connectivity index (χ4v) is 1.89. The summed E-state index contributed by atoms with van der Waals surface area (Å²) in [7, 11) is 2.07. The van der Waals surface area contributed by atoms with Crippen molar-refractivity contribution in [3.8, 4) is 0 Å². The molecule has 0 aliphatic carbocycles. The van der Waals surface area contributed by atoms with Gasteiger partial charge in [-0.25, -0.2) is 0 Å². The van der Waals surface area contributed by atoms with Crippen molar-refractivity contribution in [2.75, 3.05) is 7.05 Å². The number of hydrogen-bond donors (Lipinski definition) is 0. The van der Waals surface area contributed by atoms with Gasteiger partial charge in [0.2, 0.25) is 0 Å². The van der Waals surface area contributed by atoms with Crippen molar-refractivity contribution in [2.45, 2.75) is 13.8 Å².